The van der Waals surface area contributed by atoms with Gasteiger partial charge < -0.3 is 15.0 Å². The lowest BCUT2D eigenvalue weighted by molar-refractivity contribution is -0.383. The third-order valence-electron chi connectivity index (χ3n) is 6.82. The van der Waals surface area contributed by atoms with E-state index in [9.17, 15) is 15.2 Å². The van der Waals surface area contributed by atoms with Crippen LogP contribution in [-0.4, -0.2) is 40.1 Å². The molecule has 0 bridgehead atoms. The number of likely N-dealkylation sites (tertiary alicyclic amines) is 1. The number of piperidine rings is 1. The molecule has 1 saturated heterocycles. The first-order valence-corrected chi connectivity index (χ1v) is 9.73. The molecule has 0 spiro atoms. The number of nitro benzene ring substituents is 1. The van der Waals surface area contributed by atoms with Gasteiger partial charge in [-0.3, -0.25) is 10.1 Å². The van der Waals surface area contributed by atoms with Crippen molar-refractivity contribution in [1.29, 1.82) is 0 Å². The Kier molecular flexibility index (Phi) is 3.74. The molecular formula is C22H23N3O3. The lowest BCUT2D eigenvalue weighted by Gasteiger charge is -2.50. The number of rotatable bonds is 2. The predicted molar refractivity (Wildman–Crippen MR) is 108 cm³/mol. The summed E-state index contributed by atoms with van der Waals surface area (Å²) in [6.07, 6.45) is 2.71. The molecule has 1 unspecified atom stereocenters. The molecule has 28 heavy (non-hydrogen) atoms. The molecular weight excluding hydrogens is 354 g/mol. The Morgan fingerprint density at radius 1 is 1.29 bits per heavy atom. The molecule has 2 N–H and O–H groups in total. The SMILES string of the molecule is CN1CC[C@]2(c3cccc(O)c3)Cc3[nH]c4c([N+](=O)[O-])cccc4c3CC2C1. The van der Waals surface area contributed by atoms with Crippen molar-refractivity contribution in [3.05, 3.63) is 69.4 Å². The van der Waals surface area contributed by atoms with Gasteiger partial charge in [-0.25, -0.2) is 0 Å². The second-order valence-corrected chi connectivity index (χ2v) is 8.34. The molecule has 0 radical (unpaired) electrons. The van der Waals surface area contributed by atoms with E-state index in [1.54, 1.807) is 18.2 Å². The average Bonchev–Trinajstić information content (AvgIpc) is 3.03. The minimum Gasteiger partial charge on any atom is -0.508 e. The Morgan fingerprint density at radius 3 is 2.89 bits per heavy atom. The highest BCUT2D eigenvalue weighted by atomic mass is 16.6. The van der Waals surface area contributed by atoms with Gasteiger partial charge in [-0.15, -0.1) is 0 Å². The monoisotopic (exact) mass is 377 g/mol. The number of aromatic hydroxyl groups is 1. The van der Waals surface area contributed by atoms with Gasteiger partial charge in [0.1, 0.15) is 11.3 Å². The van der Waals surface area contributed by atoms with E-state index in [-0.39, 0.29) is 16.0 Å². The molecule has 2 aliphatic rings. The highest BCUT2D eigenvalue weighted by Gasteiger charge is 2.47. The molecule has 0 saturated carbocycles. The number of phenols is 1. The van der Waals surface area contributed by atoms with Crippen LogP contribution in [-0.2, 0) is 18.3 Å². The van der Waals surface area contributed by atoms with Gasteiger partial charge in [0.25, 0.3) is 5.69 Å². The van der Waals surface area contributed by atoms with Crippen LogP contribution in [0.15, 0.2) is 42.5 Å². The Bertz CT molecular complexity index is 1090. The topological polar surface area (TPSA) is 82.4 Å². The van der Waals surface area contributed by atoms with E-state index < -0.39 is 0 Å². The number of nitro groups is 1. The van der Waals surface area contributed by atoms with Crippen molar-refractivity contribution in [2.45, 2.75) is 24.7 Å². The van der Waals surface area contributed by atoms with E-state index in [1.165, 1.54) is 11.1 Å². The Hall–Kier alpha value is -2.86. The number of para-hydroxylation sites is 1. The van der Waals surface area contributed by atoms with Crippen molar-refractivity contribution in [1.82, 2.24) is 9.88 Å². The lowest BCUT2D eigenvalue weighted by Crippen LogP contribution is -2.52. The molecule has 2 aromatic carbocycles. The van der Waals surface area contributed by atoms with Crippen LogP contribution >= 0.6 is 0 Å². The van der Waals surface area contributed by atoms with Gasteiger partial charge in [-0.2, -0.15) is 0 Å². The van der Waals surface area contributed by atoms with Gasteiger partial charge in [0.15, 0.2) is 0 Å². The van der Waals surface area contributed by atoms with Crippen LogP contribution in [0.1, 0.15) is 23.2 Å². The molecule has 1 aliphatic carbocycles. The summed E-state index contributed by atoms with van der Waals surface area (Å²) in [7, 11) is 2.15. The third kappa shape index (κ3) is 2.44. The van der Waals surface area contributed by atoms with Gasteiger partial charge in [0.05, 0.1) is 4.92 Å². The molecule has 3 aromatic rings. The lowest BCUT2D eigenvalue weighted by atomic mass is 9.59. The standard InChI is InChI=1S/C22H23N3O3/c1-24-9-8-22(14-4-2-5-16(26)10-14)12-19-18(11-15(22)13-24)17-6-3-7-20(25(27)28)21(17)23-19/h2-7,10,15,23,26H,8-9,11-13H2,1H3/t15?,22-/m1/s1. The fourth-order valence-electron chi connectivity index (χ4n) is 5.44. The summed E-state index contributed by atoms with van der Waals surface area (Å²) >= 11 is 0. The van der Waals surface area contributed by atoms with Crippen molar-refractivity contribution < 1.29 is 10.0 Å². The van der Waals surface area contributed by atoms with Crippen LogP contribution in [0.5, 0.6) is 5.75 Å². The summed E-state index contributed by atoms with van der Waals surface area (Å²) in [4.78, 5) is 17.0. The Labute approximate surface area is 162 Å². The summed E-state index contributed by atoms with van der Waals surface area (Å²) in [6, 6.07) is 13.0. The van der Waals surface area contributed by atoms with E-state index in [2.05, 4.69) is 23.0 Å². The number of fused-ring (bicyclic) bond motifs is 4. The second kappa shape index (κ2) is 6.07. The highest BCUT2D eigenvalue weighted by Crippen LogP contribution is 2.49. The molecule has 6 nitrogen and oxygen atoms in total. The summed E-state index contributed by atoms with van der Waals surface area (Å²) in [5.74, 6) is 0.696. The number of phenolic OH excluding ortho intramolecular Hbond substituents is 1. The first kappa shape index (κ1) is 17.3. The van der Waals surface area contributed by atoms with Gasteiger partial charge in [0, 0.05) is 29.1 Å². The van der Waals surface area contributed by atoms with Crippen LogP contribution in [0.4, 0.5) is 5.69 Å². The number of aromatic amines is 1. The van der Waals surface area contributed by atoms with E-state index in [0.29, 0.717) is 17.2 Å². The maximum absolute atomic E-state index is 11.5. The smallest absolute Gasteiger partial charge is 0.293 e. The number of nitrogens with one attached hydrogen (secondary N) is 1. The number of aromatic nitrogens is 1. The van der Waals surface area contributed by atoms with Crippen LogP contribution in [0, 0.1) is 16.0 Å². The average molecular weight is 377 g/mol. The molecule has 1 aromatic heterocycles. The number of H-pyrrole nitrogens is 1. The van der Waals surface area contributed by atoms with Crippen LogP contribution < -0.4 is 0 Å². The Morgan fingerprint density at radius 2 is 2.11 bits per heavy atom. The Balaban J connectivity index is 1.69. The third-order valence-corrected chi connectivity index (χ3v) is 6.82. The van der Waals surface area contributed by atoms with Crippen molar-refractivity contribution in [3.8, 4) is 5.75 Å². The zero-order valence-electron chi connectivity index (χ0n) is 15.8. The maximum atomic E-state index is 11.5. The number of hydrogen-bond donors (Lipinski definition) is 2. The quantitative estimate of drug-likeness (QED) is 0.526. The summed E-state index contributed by atoms with van der Waals surface area (Å²) in [5, 5.41) is 22.6. The number of hydrogen-bond acceptors (Lipinski definition) is 4. The van der Waals surface area contributed by atoms with E-state index in [0.717, 1.165) is 43.4 Å². The molecule has 2 heterocycles. The molecule has 144 valence electrons. The first-order chi connectivity index (χ1) is 13.5. The normalized spacial score (nSPS) is 24.7. The number of nitrogens with zero attached hydrogens (tertiary/aromatic N) is 2. The molecule has 1 aliphatic heterocycles. The number of benzene rings is 2. The molecule has 0 amide bonds. The highest BCUT2D eigenvalue weighted by molar-refractivity contribution is 5.92. The van der Waals surface area contributed by atoms with Crippen LogP contribution in [0.3, 0.4) is 0 Å². The second-order valence-electron chi connectivity index (χ2n) is 8.34. The molecule has 6 heteroatoms. The van der Waals surface area contributed by atoms with E-state index in [4.69, 9.17) is 0 Å². The zero-order valence-corrected chi connectivity index (χ0v) is 15.8. The van der Waals surface area contributed by atoms with E-state index in [1.807, 2.05) is 18.2 Å². The van der Waals surface area contributed by atoms with Gasteiger partial charge in [-0.1, -0.05) is 24.3 Å². The largest absolute Gasteiger partial charge is 0.508 e. The van der Waals surface area contributed by atoms with Gasteiger partial charge in [-0.05, 0) is 62.0 Å². The minimum absolute atomic E-state index is 0.0616. The minimum atomic E-state index is -0.309. The van der Waals surface area contributed by atoms with Crippen molar-refractivity contribution in [3.63, 3.8) is 0 Å². The fraction of sp³-hybridized carbons (Fsp3) is 0.364. The van der Waals surface area contributed by atoms with Crippen molar-refractivity contribution >= 4 is 16.6 Å². The summed E-state index contributed by atoms with van der Waals surface area (Å²) < 4.78 is 0. The van der Waals surface area contributed by atoms with Gasteiger partial charge >= 0.3 is 0 Å². The summed E-state index contributed by atoms with van der Waals surface area (Å²) in [6.45, 7) is 1.98. The first-order valence-electron chi connectivity index (χ1n) is 9.73. The zero-order chi connectivity index (χ0) is 19.5. The molecule has 2 atom stereocenters. The maximum Gasteiger partial charge on any atom is 0.293 e. The summed E-state index contributed by atoms with van der Waals surface area (Å²) in [5.41, 5.74) is 4.20. The van der Waals surface area contributed by atoms with Crippen molar-refractivity contribution in [2.24, 2.45) is 5.92 Å². The molecule has 1 fully saturated rings. The van der Waals surface area contributed by atoms with Crippen LogP contribution in [0.25, 0.3) is 10.9 Å². The van der Waals surface area contributed by atoms with Crippen molar-refractivity contribution in [2.75, 3.05) is 20.1 Å². The number of non-ortho nitro benzene ring substituents is 1. The predicted octanol–water partition coefficient (Wildman–Crippen LogP) is 3.77. The fourth-order valence-corrected chi connectivity index (χ4v) is 5.44. The van der Waals surface area contributed by atoms with E-state index >= 15 is 0 Å². The molecule has 5 rings (SSSR count). The van der Waals surface area contributed by atoms with Gasteiger partial charge in [0.2, 0.25) is 0 Å². The van der Waals surface area contributed by atoms with Crippen LogP contribution in [0.2, 0.25) is 0 Å².